The summed E-state index contributed by atoms with van der Waals surface area (Å²) in [5.41, 5.74) is 3.51. The largest absolute Gasteiger partial charge is 0.370 e. The molecule has 0 fully saturated rings. The third-order valence-electron chi connectivity index (χ3n) is 4.78. The molecule has 0 saturated carbocycles. The SMILES string of the molecule is CNc1nc2c3nc(NC)c(NC)nc3c3nc(NC)c(NC)nc3c2nc1NC. The number of hydrogen-bond donors (Lipinski definition) is 6. The molecule has 12 heteroatoms. The van der Waals surface area contributed by atoms with Gasteiger partial charge in [-0.15, -0.1) is 0 Å². The van der Waals surface area contributed by atoms with E-state index in [-0.39, 0.29) is 0 Å². The maximum Gasteiger partial charge on any atom is 0.169 e. The molecule has 12 nitrogen and oxygen atoms in total. The number of hydrogen-bond acceptors (Lipinski definition) is 12. The molecule has 4 rings (SSSR count). The van der Waals surface area contributed by atoms with Crippen molar-refractivity contribution in [2.45, 2.75) is 0 Å². The van der Waals surface area contributed by atoms with Crippen LogP contribution in [0.4, 0.5) is 34.9 Å². The normalized spacial score (nSPS) is 11.0. The summed E-state index contributed by atoms with van der Waals surface area (Å²) in [6, 6.07) is 0. The number of fused-ring (bicyclic) bond motifs is 6. The standard InChI is InChI=1S/C18H24N12/c1-19-13-14(20-2)26-8-7(25-13)9-11(29-16(22-4)15(21-3)27-9)12-10(8)28-17(23-5)18(24-6)30-12/h1-6H3,(H,19,25)(H,20,26)(H,21,27)(H,23,28)(H,22,29)(H,24,30). The van der Waals surface area contributed by atoms with Gasteiger partial charge in [0.1, 0.15) is 33.1 Å². The predicted octanol–water partition coefficient (Wildman–Crippen LogP) is 1.77. The zero-order valence-corrected chi connectivity index (χ0v) is 17.7. The highest BCUT2D eigenvalue weighted by molar-refractivity contribution is 6.19. The lowest BCUT2D eigenvalue weighted by atomic mass is 10.2. The Morgan fingerprint density at radius 3 is 0.533 bits per heavy atom. The topological polar surface area (TPSA) is 150 Å². The quantitative estimate of drug-likeness (QED) is 0.258. The van der Waals surface area contributed by atoms with Crippen LogP contribution in [0.5, 0.6) is 0 Å². The van der Waals surface area contributed by atoms with Crippen LogP contribution in [-0.2, 0) is 0 Å². The summed E-state index contributed by atoms with van der Waals surface area (Å²) < 4.78 is 0. The second-order valence-corrected chi connectivity index (χ2v) is 6.35. The lowest BCUT2D eigenvalue weighted by Crippen LogP contribution is -2.08. The fraction of sp³-hybridized carbons (Fsp3) is 0.333. The molecule has 4 aromatic rings. The Morgan fingerprint density at radius 1 is 0.300 bits per heavy atom. The molecule has 0 radical (unpaired) electrons. The van der Waals surface area contributed by atoms with Crippen LogP contribution < -0.4 is 31.9 Å². The number of rotatable bonds is 6. The highest BCUT2D eigenvalue weighted by Gasteiger charge is 2.21. The average molecular weight is 408 g/mol. The van der Waals surface area contributed by atoms with E-state index in [0.29, 0.717) is 68.0 Å². The molecule has 30 heavy (non-hydrogen) atoms. The van der Waals surface area contributed by atoms with Gasteiger partial charge in [0.25, 0.3) is 0 Å². The Morgan fingerprint density at radius 2 is 0.433 bits per heavy atom. The summed E-state index contributed by atoms with van der Waals surface area (Å²) in [4.78, 5) is 28.7. The van der Waals surface area contributed by atoms with Crippen LogP contribution in [0.25, 0.3) is 33.1 Å². The van der Waals surface area contributed by atoms with E-state index in [4.69, 9.17) is 29.9 Å². The van der Waals surface area contributed by atoms with Gasteiger partial charge in [0.2, 0.25) is 0 Å². The van der Waals surface area contributed by atoms with Crippen molar-refractivity contribution in [3.05, 3.63) is 0 Å². The second-order valence-electron chi connectivity index (χ2n) is 6.35. The van der Waals surface area contributed by atoms with E-state index in [1.54, 1.807) is 42.3 Å². The van der Waals surface area contributed by atoms with Gasteiger partial charge in [0, 0.05) is 42.3 Å². The maximum absolute atomic E-state index is 4.78. The lowest BCUT2D eigenvalue weighted by Gasteiger charge is -2.15. The highest BCUT2D eigenvalue weighted by atomic mass is 15.1. The van der Waals surface area contributed by atoms with Crippen LogP contribution in [0.1, 0.15) is 0 Å². The van der Waals surface area contributed by atoms with E-state index in [1.165, 1.54) is 0 Å². The van der Waals surface area contributed by atoms with Gasteiger partial charge in [-0.3, -0.25) is 0 Å². The van der Waals surface area contributed by atoms with Crippen LogP contribution in [0.3, 0.4) is 0 Å². The van der Waals surface area contributed by atoms with E-state index in [9.17, 15) is 0 Å². The first-order valence-corrected chi connectivity index (χ1v) is 9.43. The van der Waals surface area contributed by atoms with E-state index in [2.05, 4.69) is 31.9 Å². The molecule has 0 spiro atoms. The molecule has 0 atom stereocenters. The van der Waals surface area contributed by atoms with Crippen molar-refractivity contribution in [3.8, 4) is 0 Å². The Kier molecular flexibility index (Phi) is 4.82. The molecule has 0 unspecified atom stereocenters. The molecule has 0 aliphatic rings. The molecule has 0 saturated heterocycles. The Labute approximate surface area is 172 Å². The van der Waals surface area contributed by atoms with Crippen LogP contribution in [0, 0.1) is 0 Å². The molecular formula is C18H24N12. The second kappa shape index (κ2) is 7.46. The minimum absolute atomic E-state index is 0.584. The monoisotopic (exact) mass is 408 g/mol. The van der Waals surface area contributed by atoms with Gasteiger partial charge in [-0.1, -0.05) is 0 Å². The van der Waals surface area contributed by atoms with Gasteiger partial charge in [0.05, 0.1) is 0 Å². The van der Waals surface area contributed by atoms with Crippen molar-refractivity contribution in [2.24, 2.45) is 0 Å². The van der Waals surface area contributed by atoms with E-state index < -0.39 is 0 Å². The third-order valence-corrected chi connectivity index (χ3v) is 4.78. The zero-order valence-electron chi connectivity index (χ0n) is 17.7. The molecule has 0 aliphatic heterocycles. The Hall–Kier alpha value is -3.96. The molecule has 156 valence electrons. The minimum atomic E-state index is 0.584. The van der Waals surface area contributed by atoms with Gasteiger partial charge >= 0.3 is 0 Å². The number of nitrogens with zero attached hydrogens (tertiary/aromatic N) is 6. The number of benzene rings is 1. The predicted molar refractivity (Wildman–Crippen MR) is 123 cm³/mol. The average Bonchev–Trinajstić information content (AvgIpc) is 2.81. The van der Waals surface area contributed by atoms with Gasteiger partial charge in [-0.2, -0.15) is 0 Å². The summed E-state index contributed by atoms with van der Waals surface area (Å²) in [7, 11) is 10.8. The molecular weight excluding hydrogens is 384 g/mol. The van der Waals surface area contributed by atoms with Crippen LogP contribution in [-0.4, -0.2) is 72.2 Å². The van der Waals surface area contributed by atoms with Gasteiger partial charge in [-0.25, -0.2) is 29.9 Å². The van der Waals surface area contributed by atoms with Crippen molar-refractivity contribution in [2.75, 3.05) is 74.2 Å². The summed E-state index contributed by atoms with van der Waals surface area (Å²) in [5, 5.41) is 18.4. The van der Waals surface area contributed by atoms with Crippen molar-refractivity contribution < 1.29 is 0 Å². The summed E-state index contributed by atoms with van der Waals surface area (Å²) in [6.45, 7) is 0. The van der Waals surface area contributed by atoms with E-state index >= 15 is 0 Å². The lowest BCUT2D eigenvalue weighted by molar-refractivity contribution is 1.20. The molecule has 0 aliphatic carbocycles. The molecule has 3 aromatic heterocycles. The Balaban J connectivity index is 2.29. The third kappa shape index (κ3) is 2.76. The molecule has 6 N–H and O–H groups in total. The zero-order chi connectivity index (χ0) is 21.4. The summed E-state index contributed by atoms with van der Waals surface area (Å²) >= 11 is 0. The first-order chi connectivity index (χ1) is 14.6. The fourth-order valence-electron chi connectivity index (χ4n) is 3.34. The minimum Gasteiger partial charge on any atom is -0.370 e. The van der Waals surface area contributed by atoms with Crippen LogP contribution >= 0.6 is 0 Å². The van der Waals surface area contributed by atoms with E-state index in [0.717, 1.165) is 0 Å². The summed E-state index contributed by atoms with van der Waals surface area (Å²) in [5.74, 6) is 3.61. The summed E-state index contributed by atoms with van der Waals surface area (Å²) in [6.07, 6.45) is 0. The first-order valence-electron chi connectivity index (χ1n) is 9.43. The van der Waals surface area contributed by atoms with Crippen molar-refractivity contribution in [3.63, 3.8) is 0 Å². The molecule has 0 bridgehead atoms. The maximum atomic E-state index is 4.78. The smallest absolute Gasteiger partial charge is 0.169 e. The Bertz CT molecular complexity index is 987. The number of aromatic nitrogens is 6. The van der Waals surface area contributed by atoms with Crippen molar-refractivity contribution in [1.29, 1.82) is 0 Å². The molecule has 1 aromatic carbocycles. The van der Waals surface area contributed by atoms with Crippen molar-refractivity contribution in [1.82, 2.24) is 29.9 Å². The van der Waals surface area contributed by atoms with Crippen molar-refractivity contribution >= 4 is 68.0 Å². The number of anilines is 6. The van der Waals surface area contributed by atoms with Gasteiger partial charge in [-0.05, 0) is 0 Å². The van der Waals surface area contributed by atoms with Gasteiger partial charge in [0.15, 0.2) is 34.9 Å². The van der Waals surface area contributed by atoms with Crippen LogP contribution in [0.2, 0.25) is 0 Å². The first kappa shape index (κ1) is 19.4. The molecule has 3 heterocycles. The van der Waals surface area contributed by atoms with Crippen LogP contribution in [0.15, 0.2) is 0 Å². The fourth-order valence-corrected chi connectivity index (χ4v) is 3.34. The molecule has 0 amide bonds. The van der Waals surface area contributed by atoms with Gasteiger partial charge < -0.3 is 31.9 Å². The number of nitrogens with one attached hydrogen (secondary N) is 6. The highest BCUT2D eigenvalue weighted by Crippen LogP contribution is 2.35. The van der Waals surface area contributed by atoms with E-state index in [1.807, 2.05) is 0 Å².